The molecule has 0 radical (unpaired) electrons. The number of benzene rings is 1. The van der Waals surface area contributed by atoms with Crippen LogP contribution in [0.5, 0.6) is 5.75 Å². The Labute approximate surface area is 125 Å². The lowest BCUT2D eigenvalue weighted by molar-refractivity contribution is 0.0635. The number of phenolic OH excluding ortho intramolecular Hbond substituents is 1. The maximum absolute atomic E-state index is 11.8. The summed E-state index contributed by atoms with van der Waals surface area (Å²) in [5.74, 6) is 0.0275. The molecule has 6 heteroatoms. The van der Waals surface area contributed by atoms with E-state index in [-0.39, 0.29) is 5.75 Å². The third-order valence-electron chi connectivity index (χ3n) is 3.10. The molecule has 0 spiro atoms. The number of carbonyl (C=O) groups is 1. The van der Waals surface area contributed by atoms with Gasteiger partial charge in [0.05, 0.1) is 5.69 Å². The highest BCUT2D eigenvalue weighted by molar-refractivity contribution is 5.88. The number of aromatic hydroxyl groups is 1. The molecule has 116 valence electrons. The summed E-state index contributed by atoms with van der Waals surface area (Å²) >= 11 is 0. The predicted molar refractivity (Wildman–Crippen MR) is 83.0 cm³/mol. The molecule has 3 N–H and O–H groups in total. The first-order chi connectivity index (χ1) is 9.85. The summed E-state index contributed by atoms with van der Waals surface area (Å²) in [5, 5.41) is 15.8. The zero-order valence-electron chi connectivity index (χ0n) is 12.8. The van der Waals surface area contributed by atoms with Crippen molar-refractivity contribution < 1.29 is 14.6 Å². The highest BCUT2D eigenvalue weighted by atomic mass is 16.6. The van der Waals surface area contributed by atoms with Crippen molar-refractivity contribution in [2.75, 3.05) is 36.4 Å². The summed E-state index contributed by atoms with van der Waals surface area (Å²) in [4.78, 5) is 14.0. The van der Waals surface area contributed by atoms with Gasteiger partial charge in [-0.3, -0.25) is 5.32 Å². The van der Waals surface area contributed by atoms with Crippen LogP contribution in [-0.4, -0.2) is 43.0 Å². The third kappa shape index (κ3) is 4.53. The Morgan fingerprint density at radius 3 is 2.62 bits per heavy atom. The average Bonchev–Trinajstić information content (AvgIpc) is 2.40. The number of anilines is 2. The number of ether oxygens (including phenoxy) is 1. The fourth-order valence-electron chi connectivity index (χ4n) is 2.16. The summed E-state index contributed by atoms with van der Waals surface area (Å²) in [7, 11) is 0. The highest BCUT2D eigenvalue weighted by Crippen LogP contribution is 2.29. The molecular formula is C15H23N3O3. The Balaban J connectivity index is 2.10. The van der Waals surface area contributed by atoms with E-state index in [0.29, 0.717) is 5.69 Å². The minimum absolute atomic E-state index is 0.0275. The highest BCUT2D eigenvalue weighted by Gasteiger charge is 2.18. The number of hydrogen-bond acceptors (Lipinski definition) is 5. The Morgan fingerprint density at radius 2 is 2.00 bits per heavy atom. The number of carbonyl (C=O) groups excluding carboxylic acids is 1. The first-order valence-electron chi connectivity index (χ1n) is 7.14. The summed E-state index contributed by atoms with van der Waals surface area (Å²) in [6.45, 7) is 9.04. The van der Waals surface area contributed by atoms with Gasteiger partial charge in [-0.05, 0) is 39.0 Å². The van der Waals surface area contributed by atoms with E-state index in [1.807, 2.05) is 6.07 Å². The number of nitrogens with one attached hydrogen (secondary N) is 2. The first kappa shape index (κ1) is 15.4. The van der Waals surface area contributed by atoms with Crippen molar-refractivity contribution >= 4 is 17.5 Å². The zero-order valence-corrected chi connectivity index (χ0v) is 12.8. The molecule has 1 aromatic carbocycles. The second-order valence-corrected chi connectivity index (χ2v) is 6.07. The van der Waals surface area contributed by atoms with Crippen molar-refractivity contribution in [2.24, 2.45) is 0 Å². The van der Waals surface area contributed by atoms with Crippen LogP contribution in [0, 0.1) is 0 Å². The topological polar surface area (TPSA) is 73.8 Å². The lowest BCUT2D eigenvalue weighted by Crippen LogP contribution is -2.43. The lowest BCUT2D eigenvalue weighted by Gasteiger charge is -2.30. The van der Waals surface area contributed by atoms with Crippen LogP contribution < -0.4 is 15.5 Å². The quantitative estimate of drug-likeness (QED) is 0.729. The van der Waals surface area contributed by atoms with Gasteiger partial charge in [0, 0.05) is 31.9 Å². The second-order valence-electron chi connectivity index (χ2n) is 6.07. The normalized spacial score (nSPS) is 15.7. The molecule has 0 unspecified atom stereocenters. The van der Waals surface area contributed by atoms with Gasteiger partial charge in [0.15, 0.2) is 0 Å². The van der Waals surface area contributed by atoms with Crippen LogP contribution in [0.2, 0.25) is 0 Å². The Bertz CT molecular complexity index is 505. The molecule has 1 saturated heterocycles. The molecule has 6 nitrogen and oxygen atoms in total. The molecule has 0 bridgehead atoms. The predicted octanol–water partition coefficient (Wildman–Crippen LogP) is 2.15. The van der Waals surface area contributed by atoms with E-state index >= 15 is 0 Å². The van der Waals surface area contributed by atoms with Crippen molar-refractivity contribution in [1.29, 1.82) is 0 Å². The van der Waals surface area contributed by atoms with Gasteiger partial charge in [0.1, 0.15) is 11.4 Å². The SMILES string of the molecule is CC(C)(C)OC(=O)Nc1cc(N2CCNCC2)ccc1O. The van der Waals surface area contributed by atoms with Crippen LogP contribution in [-0.2, 0) is 4.74 Å². The van der Waals surface area contributed by atoms with E-state index < -0.39 is 11.7 Å². The summed E-state index contributed by atoms with van der Waals surface area (Å²) in [6.07, 6.45) is -0.574. The standard InChI is InChI=1S/C15H23N3O3/c1-15(2,3)21-14(20)17-12-10-11(4-5-13(12)19)18-8-6-16-7-9-18/h4-5,10,16,19H,6-9H2,1-3H3,(H,17,20). The van der Waals surface area contributed by atoms with E-state index in [9.17, 15) is 9.90 Å². The van der Waals surface area contributed by atoms with Crippen LogP contribution in [0.1, 0.15) is 20.8 Å². The summed E-state index contributed by atoms with van der Waals surface area (Å²) < 4.78 is 5.20. The molecule has 21 heavy (non-hydrogen) atoms. The van der Waals surface area contributed by atoms with E-state index in [0.717, 1.165) is 31.9 Å². The van der Waals surface area contributed by atoms with Crippen molar-refractivity contribution in [3.8, 4) is 5.75 Å². The van der Waals surface area contributed by atoms with Crippen LogP contribution in [0.15, 0.2) is 18.2 Å². The molecule has 0 saturated carbocycles. The molecule has 0 aliphatic carbocycles. The molecule has 0 aromatic heterocycles. The Morgan fingerprint density at radius 1 is 1.33 bits per heavy atom. The monoisotopic (exact) mass is 293 g/mol. The maximum Gasteiger partial charge on any atom is 0.412 e. The molecule has 2 rings (SSSR count). The molecule has 1 aliphatic rings. The number of amides is 1. The second kappa shape index (κ2) is 6.22. The number of piperazine rings is 1. The maximum atomic E-state index is 11.8. The molecule has 1 aliphatic heterocycles. The first-order valence-corrected chi connectivity index (χ1v) is 7.14. The van der Waals surface area contributed by atoms with E-state index in [1.54, 1.807) is 32.9 Å². The van der Waals surface area contributed by atoms with E-state index in [4.69, 9.17) is 4.74 Å². The van der Waals surface area contributed by atoms with Crippen LogP contribution >= 0.6 is 0 Å². The summed E-state index contributed by atoms with van der Waals surface area (Å²) in [5.41, 5.74) is 0.760. The van der Waals surface area contributed by atoms with Crippen molar-refractivity contribution in [3.05, 3.63) is 18.2 Å². The average molecular weight is 293 g/mol. The van der Waals surface area contributed by atoms with Crippen LogP contribution in [0.3, 0.4) is 0 Å². The van der Waals surface area contributed by atoms with Gasteiger partial charge in [0.25, 0.3) is 0 Å². The lowest BCUT2D eigenvalue weighted by atomic mass is 10.2. The smallest absolute Gasteiger partial charge is 0.412 e. The van der Waals surface area contributed by atoms with Gasteiger partial charge in [-0.1, -0.05) is 0 Å². The van der Waals surface area contributed by atoms with Crippen molar-refractivity contribution in [2.45, 2.75) is 26.4 Å². The van der Waals surface area contributed by atoms with Gasteiger partial charge < -0.3 is 20.1 Å². The van der Waals surface area contributed by atoms with Crippen molar-refractivity contribution in [3.63, 3.8) is 0 Å². The van der Waals surface area contributed by atoms with Crippen LogP contribution in [0.4, 0.5) is 16.2 Å². The number of rotatable bonds is 2. The van der Waals surface area contributed by atoms with Crippen molar-refractivity contribution in [1.82, 2.24) is 5.32 Å². The minimum Gasteiger partial charge on any atom is -0.506 e. The zero-order chi connectivity index (χ0) is 15.5. The number of phenols is 1. The van der Waals surface area contributed by atoms with E-state index in [2.05, 4.69) is 15.5 Å². The van der Waals surface area contributed by atoms with Gasteiger partial charge in [-0.2, -0.15) is 0 Å². The summed E-state index contributed by atoms with van der Waals surface area (Å²) in [6, 6.07) is 5.20. The van der Waals surface area contributed by atoms with Gasteiger partial charge in [0.2, 0.25) is 0 Å². The Hall–Kier alpha value is -1.95. The minimum atomic E-state index is -0.574. The fourth-order valence-corrected chi connectivity index (χ4v) is 2.16. The molecule has 1 amide bonds. The largest absolute Gasteiger partial charge is 0.506 e. The number of nitrogens with zero attached hydrogens (tertiary/aromatic N) is 1. The van der Waals surface area contributed by atoms with Gasteiger partial charge >= 0.3 is 6.09 Å². The molecular weight excluding hydrogens is 270 g/mol. The van der Waals surface area contributed by atoms with Crippen LogP contribution in [0.25, 0.3) is 0 Å². The molecule has 1 aromatic rings. The molecule has 0 atom stereocenters. The molecule has 1 fully saturated rings. The van der Waals surface area contributed by atoms with Gasteiger partial charge in [-0.25, -0.2) is 4.79 Å². The number of hydrogen-bond donors (Lipinski definition) is 3. The van der Waals surface area contributed by atoms with Gasteiger partial charge in [-0.15, -0.1) is 0 Å². The fraction of sp³-hybridized carbons (Fsp3) is 0.533. The Kier molecular flexibility index (Phi) is 4.57. The van der Waals surface area contributed by atoms with E-state index in [1.165, 1.54) is 0 Å². The third-order valence-corrected chi connectivity index (χ3v) is 3.10. The molecule has 1 heterocycles.